The van der Waals surface area contributed by atoms with Gasteiger partial charge < -0.3 is 10.1 Å². The molecule has 3 rings (SSSR count). The number of esters is 1. The highest BCUT2D eigenvalue weighted by molar-refractivity contribution is 9.10. The fourth-order valence-electron chi connectivity index (χ4n) is 2.74. The topological polar surface area (TPSA) is 56.1 Å². The van der Waals surface area contributed by atoms with Crippen LogP contribution in [0.4, 0.5) is 19.0 Å². The number of rotatable bonds is 2. The van der Waals surface area contributed by atoms with Crippen molar-refractivity contribution in [2.75, 3.05) is 12.4 Å². The second-order valence-electron chi connectivity index (χ2n) is 5.38. The maximum atomic E-state index is 13.5. The van der Waals surface area contributed by atoms with Crippen LogP contribution in [0.2, 0.25) is 0 Å². The largest absolute Gasteiger partial charge is 0.465 e. The summed E-state index contributed by atoms with van der Waals surface area (Å²) in [6.45, 7) is 0. The van der Waals surface area contributed by atoms with Crippen LogP contribution >= 0.6 is 15.9 Å². The Labute approximate surface area is 143 Å². The third kappa shape index (κ3) is 3.00. The Morgan fingerprint density at radius 3 is 2.62 bits per heavy atom. The van der Waals surface area contributed by atoms with Crippen molar-refractivity contribution in [1.29, 1.82) is 0 Å². The first-order chi connectivity index (χ1) is 11.3. The number of hydrogen-bond acceptors (Lipinski definition) is 4. The number of anilines is 1. The minimum atomic E-state index is -4.48. The molecule has 1 aliphatic rings. The van der Waals surface area contributed by atoms with Crippen molar-refractivity contribution in [3.8, 4) is 0 Å². The molecule has 1 N–H and O–H groups in total. The summed E-state index contributed by atoms with van der Waals surface area (Å²) in [6, 6.07) is 4.57. The van der Waals surface area contributed by atoms with Crippen molar-refractivity contribution in [2.24, 2.45) is 0 Å². The molecule has 0 saturated heterocycles. The van der Waals surface area contributed by atoms with Gasteiger partial charge in [0.05, 0.1) is 19.3 Å². The van der Waals surface area contributed by atoms with Gasteiger partial charge in [-0.25, -0.2) is 9.48 Å². The van der Waals surface area contributed by atoms with E-state index in [-0.39, 0.29) is 17.8 Å². The zero-order valence-corrected chi connectivity index (χ0v) is 14.1. The van der Waals surface area contributed by atoms with Crippen molar-refractivity contribution in [2.45, 2.75) is 24.7 Å². The summed E-state index contributed by atoms with van der Waals surface area (Å²) in [4.78, 5) is 11.8. The predicted molar refractivity (Wildman–Crippen MR) is 83.8 cm³/mol. The fourth-order valence-corrected chi connectivity index (χ4v) is 3.00. The van der Waals surface area contributed by atoms with Gasteiger partial charge in [-0.2, -0.15) is 18.3 Å². The van der Waals surface area contributed by atoms with Crippen LogP contribution < -0.4 is 5.32 Å². The number of carbonyl (C=O) groups is 1. The number of fused-ring (bicyclic) bond motifs is 1. The van der Waals surface area contributed by atoms with E-state index in [0.717, 1.165) is 15.4 Å². The van der Waals surface area contributed by atoms with Crippen molar-refractivity contribution in [3.05, 3.63) is 46.1 Å². The number of methoxy groups -OCH3 is 1. The van der Waals surface area contributed by atoms with E-state index < -0.39 is 24.2 Å². The zero-order valence-electron chi connectivity index (χ0n) is 12.5. The van der Waals surface area contributed by atoms with Crippen LogP contribution in [0.15, 0.2) is 34.9 Å². The van der Waals surface area contributed by atoms with Gasteiger partial charge in [0.25, 0.3) is 0 Å². The second kappa shape index (κ2) is 6.12. The highest BCUT2D eigenvalue weighted by atomic mass is 79.9. The molecule has 9 heteroatoms. The van der Waals surface area contributed by atoms with E-state index in [1.54, 1.807) is 24.3 Å². The van der Waals surface area contributed by atoms with Crippen LogP contribution in [0.5, 0.6) is 0 Å². The molecule has 128 valence electrons. The normalized spacial score (nSPS) is 20.2. The van der Waals surface area contributed by atoms with Crippen molar-refractivity contribution in [1.82, 2.24) is 9.78 Å². The average molecular weight is 404 g/mol. The molecular formula is C15H13BrF3N3O2. The molecule has 0 fully saturated rings. The van der Waals surface area contributed by atoms with Gasteiger partial charge in [0.2, 0.25) is 0 Å². The molecule has 0 radical (unpaired) electrons. The minimum absolute atomic E-state index is 0.0170. The molecule has 1 aliphatic heterocycles. The lowest BCUT2D eigenvalue weighted by atomic mass is 9.96. The van der Waals surface area contributed by atoms with Gasteiger partial charge in [0.15, 0.2) is 6.04 Å². The molecule has 1 aromatic heterocycles. The van der Waals surface area contributed by atoms with E-state index in [9.17, 15) is 18.0 Å². The smallest absolute Gasteiger partial charge is 0.410 e. The van der Waals surface area contributed by atoms with E-state index in [4.69, 9.17) is 0 Å². The standard InChI is InChI=1S/C15H13BrF3N3O2/c1-24-14(23)10-7-20-22-12(15(17,18)19)6-11(21-13(10)22)8-2-4-9(16)5-3-8/h2-5,7,11-12,21H,6H2,1H3. The molecule has 1 aromatic carbocycles. The van der Waals surface area contributed by atoms with E-state index in [1.165, 1.54) is 7.11 Å². The molecule has 2 aromatic rings. The minimum Gasteiger partial charge on any atom is -0.465 e. The summed E-state index contributed by atoms with van der Waals surface area (Å²) in [7, 11) is 1.17. The number of aromatic nitrogens is 2. The van der Waals surface area contributed by atoms with Gasteiger partial charge in [-0.3, -0.25) is 0 Å². The van der Waals surface area contributed by atoms with Crippen LogP contribution in [0.1, 0.15) is 34.4 Å². The Morgan fingerprint density at radius 2 is 2.04 bits per heavy atom. The first-order valence-electron chi connectivity index (χ1n) is 7.05. The molecule has 2 heterocycles. The fraction of sp³-hybridized carbons (Fsp3) is 0.333. The number of halogens is 4. The molecule has 2 unspecified atom stereocenters. The number of hydrogen-bond donors (Lipinski definition) is 1. The molecule has 0 aliphatic carbocycles. The molecular weight excluding hydrogens is 391 g/mol. The van der Waals surface area contributed by atoms with E-state index in [0.29, 0.717) is 5.56 Å². The summed E-state index contributed by atoms with van der Waals surface area (Å²) in [6.07, 6.45) is -3.61. The maximum absolute atomic E-state index is 13.5. The van der Waals surface area contributed by atoms with E-state index in [1.807, 2.05) is 0 Å². The lowest BCUT2D eigenvalue weighted by molar-refractivity contribution is -0.173. The Hall–Kier alpha value is -2.03. The molecule has 0 bridgehead atoms. The van der Waals surface area contributed by atoms with E-state index >= 15 is 0 Å². The molecule has 24 heavy (non-hydrogen) atoms. The van der Waals surface area contributed by atoms with Crippen molar-refractivity contribution in [3.63, 3.8) is 0 Å². The number of ether oxygens (including phenoxy) is 1. The first-order valence-corrected chi connectivity index (χ1v) is 7.85. The lowest BCUT2D eigenvalue weighted by Crippen LogP contribution is -2.36. The number of benzene rings is 1. The van der Waals surface area contributed by atoms with Gasteiger partial charge in [-0.15, -0.1) is 0 Å². The van der Waals surface area contributed by atoms with Crippen LogP contribution in [0.3, 0.4) is 0 Å². The maximum Gasteiger partial charge on any atom is 0.410 e. The third-order valence-electron chi connectivity index (χ3n) is 3.92. The Morgan fingerprint density at radius 1 is 1.38 bits per heavy atom. The summed E-state index contributed by atoms with van der Waals surface area (Å²) < 4.78 is 46.6. The van der Waals surface area contributed by atoms with Gasteiger partial charge in [0.1, 0.15) is 11.4 Å². The summed E-state index contributed by atoms with van der Waals surface area (Å²) >= 11 is 3.30. The monoisotopic (exact) mass is 403 g/mol. The number of nitrogens with zero attached hydrogens (tertiary/aromatic N) is 2. The highest BCUT2D eigenvalue weighted by Gasteiger charge is 2.47. The second-order valence-corrected chi connectivity index (χ2v) is 6.30. The van der Waals surface area contributed by atoms with Crippen molar-refractivity contribution >= 4 is 27.7 Å². The molecule has 2 atom stereocenters. The van der Waals surface area contributed by atoms with Crippen LogP contribution in [-0.2, 0) is 4.74 Å². The third-order valence-corrected chi connectivity index (χ3v) is 4.44. The SMILES string of the molecule is COC(=O)c1cnn2c1NC(c1ccc(Br)cc1)CC2C(F)(F)F. The Bertz CT molecular complexity index is 758. The average Bonchev–Trinajstić information content (AvgIpc) is 2.96. The van der Waals surface area contributed by atoms with Crippen LogP contribution in [0.25, 0.3) is 0 Å². The van der Waals surface area contributed by atoms with Crippen molar-refractivity contribution < 1.29 is 22.7 Å². The number of carbonyl (C=O) groups excluding carboxylic acids is 1. The summed E-state index contributed by atoms with van der Waals surface area (Å²) in [5.41, 5.74) is 0.671. The highest BCUT2D eigenvalue weighted by Crippen LogP contribution is 2.44. The molecule has 0 amide bonds. The quantitative estimate of drug-likeness (QED) is 0.767. The van der Waals surface area contributed by atoms with Gasteiger partial charge >= 0.3 is 12.1 Å². The Balaban J connectivity index is 2.04. The molecule has 5 nitrogen and oxygen atoms in total. The zero-order chi connectivity index (χ0) is 17.5. The van der Waals surface area contributed by atoms with Crippen LogP contribution in [-0.4, -0.2) is 29.0 Å². The molecule has 0 saturated carbocycles. The Kier molecular flexibility index (Phi) is 4.29. The first kappa shape index (κ1) is 16.8. The molecule has 0 spiro atoms. The summed E-state index contributed by atoms with van der Waals surface area (Å²) in [5, 5.41) is 6.72. The van der Waals surface area contributed by atoms with Gasteiger partial charge in [0, 0.05) is 10.9 Å². The predicted octanol–water partition coefficient (Wildman–Crippen LogP) is 4.09. The van der Waals surface area contributed by atoms with Gasteiger partial charge in [-0.05, 0) is 17.7 Å². The van der Waals surface area contributed by atoms with Crippen LogP contribution in [0, 0.1) is 0 Å². The van der Waals surface area contributed by atoms with E-state index in [2.05, 4.69) is 31.1 Å². The number of alkyl halides is 3. The lowest BCUT2D eigenvalue weighted by Gasteiger charge is -2.34. The number of nitrogens with one attached hydrogen (secondary N) is 1. The summed E-state index contributed by atoms with van der Waals surface area (Å²) in [5.74, 6) is -0.718. The van der Waals surface area contributed by atoms with Gasteiger partial charge in [-0.1, -0.05) is 28.1 Å².